The summed E-state index contributed by atoms with van der Waals surface area (Å²) in [6.45, 7) is 0.261. The van der Waals surface area contributed by atoms with E-state index in [9.17, 15) is 27.8 Å². The molecule has 1 aromatic heterocycles. The molecule has 11 heteroatoms. The third-order valence-electron chi connectivity index (χ3n) is 6.41. The van der Waals surface area contributed by atoms with Crippen LogP contribution in [0.2, 0.25) is 0 Å². The molecule has 2 atom stereocenters. The first-order chi connectivity index (χ1) is 17.3. The van der Waals surface area contributed by atoms with Gasteiger partial charge in [-0.1, -0.05) is 30.3 Å². The molecule has 3 aromatic rings. The minimum Gasteiger partial charge on any atom is -0.494 e. The van der Waals surface area contributed by atoms with Gasteiger partial charge in [0.2, 0.25) is 0 Å². The maximum absolute atomic E-state index is 14.7. The topological polar surface area (TPSA) is 77.9 Å². The fraction of sp³-hybridized carbons (Fsp3) is 0.400. The Hall–Kier alpha value is -2.73. The number of halogens is 4. The summed E-state index contributed by atoms with van der Waals surface area (Å²) in [4.78, 5) is 6.55. The van der Waals surface area contributed by atoms with Crippen molar-refractivity contribution in [2.75, 3.05) is 25.1 Å². The maximum atomic E-state index is 14.7. The molecule has 194 valence electrons. The zero-order valence-corrected chi connectivity index (χ0v) is 20.4. The van der Waals surface area contributed by atoms with Gasteiger partial charge in [0.25, 0.3) is 6.43 Å². The lowest BCUT2D eigenvalue weighted by Crippen LogP contribution is -2.65. The number of aromatic nitrogens is 1. The van der Waals surface area contributed by atoms with Crippen molar-refractivity contribution < 1.29 is 32.5 Å². The number of alkyl halides is 2. The molecule has 4 rings (SSSR count). The highest BCUT2D eigenvalue weighted by Crippen LogP contribution is 2.39. The lowest BCUT2D eigenvalue weighted by Gasteiger charge is -2.46. The Morgan fingerprint density at radius 1 is 1.19 bits per heavy atom. The fourth-order valence-electron chi connectivity index (χ4n) is 4.53. The Morgan fingerprint density at radius 2 is 1.94 bits per heavy atom. The minimum absolute atomic E-state index is 0.0129. The van der Waals surface area contributed by atoms with E-state index < -0.39 is 36.3 Å². The number of methoxy groups -OCH3 is 1. The van der Waals surface area contributed by atoms with Gasteiger partial charge in [0.05, 0.1) is 24.1 Å². The lowest BCUT2D eigenvalue weighted by molar-refractivity contribution is -0.0658. The van der Waals surface area contributed by atoms with Crippen molar-refractivity contribution in [2.24, 2.45) is 0 Å². The summed E-state index contributed by atoms with van der Waals surface area (Å²) < 4.78 is 61.3. The first kappa shape index (κ1) is 26.3. The van der Waals surface area contributed by atoms with E-state index in [1.807, 2.05) is 30.3 Å². The molecule has 1 fully saturated rings. The van der Waals surface area contributed by atoms with Gasteiger partial charge in [0.1, 0.15) is 22.7 Å². The van der Waals surface area contributed by atoms with Gasteiger partial charge in [-0.2, -0.15) is 0 Å². The van der Waals surface area contributed by atoms with Crippen molar-refractivity contribution in [3.05, 3.63) is 64.5 Å². The van der Waals surface area contributed by atoms with E-state index in [4.69, 9.17) is 4.74 Å². The monoisotopic (exact) mass is 525 g/mol. The van der Waals surface area contributed by atoms with Gasteiger partial charge >= 0.3 is 0 Å². The number of piperidine rings is 1. The van der Waals surface area contributed by atoms with Gasteiger partial charge in [-0.05, 0) is 24.5 Å². The van der Waals surface area contributed by atoms with Gasteiger partial charge in [-0.25, -0.2) is 22.5 Å². The summed E-state index contributed by atoms with van der Waals surface area (Å²) in [5, 5.41) is 23.8. The van der Waals surface area contributed by atoms with E-state index >= 15 is 0 Å². The number of anilines is 1. The average molecular weight is 526 g/mol. The molecule has 0 radical (unpaired) electrons. The van der Waals surface area contributed by atoms with Crippen molar-refractivity contribution in [1.82, 2.24) is 10.3 Å². The Kier molecular flexibility index (Phi) is 8.13. The van der Waals surface area contributed by atoms with Crippen LogP contribution in [0.1, 0.15) is 23.3 Å². The molecular weight excluding hydrogens is 498 g/mol. The fourth-order valence-corrected chi connectivity index (χ4v) is 5.49. The van der Waals surface area contributed by atoms with E-state index in [0.29, 0.717) is 30.1 Å². The van der Waals surface area contributed by atoms with Crippen LogP contribution in [0, 0.1) is 11.6 Å². The zero-order valence-electron chi connectivity index (χ0n) is 19.6. The molecular formula is C25H27F4N3O3S. The number of aliphatic hydroxyl groups is 2. The highest BCUT2D eigenvalue weighted by molar-refractivity contribution is 7.15. The molecule has 3 N–H and O–H groups in total. The van der Waals surface area contributed by atoms with Crippen LogP contribution in [0.5, 0.6) is 5.75 Å². The molecule has 2 heterocycles. The van der Waals surface area contributed by atoms with Crippen molar-refractivity contribution >= 4 is 17.2 Å². The Labute approximate surface area is 210 Å². The maximum Gasteiger partial charge on any atom is 0.265 e. The van der Waals surface area contributed by atoms with Gasteiger partial charge in [-0.3, -0.25) is 0 Å². The third kappa shape index (κ3) is 5.34. The molecule has 0 spiro atoms. The van der Waals surface area contributed by atoms with Gasteiger partial charge in [0, 0.05) is 31.3 Å². The quantitative estimate of drug-likeness (QED) is 0.361. The van der Waals surface area contributed by atoms with E-state index in [0.717, 1.165) is 29.0 Å². The van der Waals surface area contributed by atoms with Crippen molar-refractivity contribution in [3.63, 3.8) is 0 Å². The molecule has 0 aliphatic carbocycles. The van der Waals surface area contributed by atoms with E-state index in [1.165, 1.54) is 7.11 Å². The molecule has 0 bridgehead atoms. The molecule has 1 aliphatic heterocycles. The van der Waals surface area contributed by atoms with E-state index in [1.54, 1.807) is 4.90 Å². The predicted octanol–water partition coefficient (Wildman–Crippen LogP) is 4.34. The van der Waals surface area contributed by atoms with Crippen LogP contribution in [0.15, 0.2) is 42.5 Å². The number of hydrogen-bond donors (Lipinski definition) is 3. The molecule has 6 nitrogen and oxygen atoms in total. The van der Waals surface area contributed by atoms with Crippen molar-refractivity contribution in [3.8, 4) is 16.3 Å². The largest absolute Gasteiger partial charge is 0.494 e. The summed E-state index contributed by atoms with van der Waals surface area (Å²) in [6, 6.07) is 11.1. The average Bonchev–Trinajstić information content (AvgIpc) is 3.33. The molecule has 1 aliphatic rings. The number of thiazole rings is 1. The van der Waals surface area contributed by atoms with Crippen LogP contribution in [-0.4, -0.2) is 53.5 Å². The minimum atomic E-state index is -2.98. The van der Waals surface area contributed by atoms with E-state index in [2.05, 4.69) is 10.3 Å². The first-order valence-corrected chi connectivity index (χ1v) is 12.2. The van der Waals surface area contributed by atoms with Crippen molar-refractivity contribution in [2.45, 2.75) is 44.1 Å². The second-order valence-corrected chi connectivity index (χ2v) is 9.77. The summed E-state index contributed by atoms with van der Waals surface area (Å²) in [6.07, 6.45) is -4.17. The van der Waals surface area contributed by atoms with Crippen molar-refractivity contribution in [1.29, 1.82) is 0 Å². The number of rotatable bonds is 9. The number of nitrogens with one attached hydrogen (secondary N) is 1. The zero-order chi connectivity index (χ0) is 25.9. The number of benzene rings is 2. The third-order valence-corrected chi connectivity index (χ3v) is 7.47. The standard InChI is InChI=1S/C25H27F4N3O3S/c1-35-19-11-17(26)16(10-18(19)27)24-31-23(20(13-33)36-24)32-9-5-8-25(14-32,21(34)22(28)29)30-12-15-6-3-2-4-7-15/h2-4,6-7,10-11,21-22,30,33-34H,5,8-9,12-14H2,1H3/t21-,25-/m1/s1. The molecule has 36 heavy (non-hydrogen) atoms. The molecule has 2 aromatic carbocycles. The predicted molar refractivity (Wildman–Crippen MR) is 129 cm³/mol. The van der Waals surface area contributed by atoms with E-state index in [-0.39, 0.29) is 29.4 Å². The van der Waals surface area contributed by atoms with Crippen LogP contribution in [0.25, 0.3) is 10.6 Å². The first-order valence-electron chi connectivity index (χ1n) is 11.4. The molecule has 0 amide bonds. The van der Waals surface area contributed by atoms with Gasteiger partial charge in [-0.15, -0.1) is 11.3 Å². The van der Waals surface area contributed by atoms with Crippen LogP contribution in [0.4, 0.5) is 23.4 Å². The SMILES string of the molecule is COc1cc(F)c(-c2nc(N3CCC[C@](NCc4ccccc4)([C@H](O)C(F)F)C3)c(CO)s2)cc1F. The number of aliphatic hydroxyl groups excluding tert-OH is 2. The van der Waals surface area contributed by atoms with Gasteiger partial charge in [0.15, 0.2) is 11.6 Å². The number of hydrogen-bond acceptors (Lipinski definition) is 7. The van der Waals surface area contributed by atoms with Crippen LogP contribution in [-0.2, 0) is 13.2 Å². The second-order valence-electron chi connectivity index (χ2n) is 8.69. The Bertz CT molecular complexity index is 1180. The van der Waals surface area contributed by atoms with Crippen LogP contribution >= 0.6 is 11.3 Å². The summed E-state index contributed by atoms with van der Waals surface area (Å²) in [5.74, 6) is -1.47. The highest BCUT2D eigenvalue weighted by atomic mass is 32.1. The Balaban J connectivity index is 1.66. The highest BCUT2D eigenvalue weighted by Gasteiger charge is 2.46. The normalized spacial score (nSPS) is 19.1. The van der Waals surface area contributed by atoms with Crippen LogP contribution in [0.3, 0.4) is 0 Å². The number of ether oxygens (including phenoxy) is 1. The smallest absolute Gasteiger partial charge is 0.265 e. The van der Waals surface area contributed by atoms with Gasteiger partial charge < -0.3 is 25.2 Å². The van der Waals surface area contributed by atoms with Crippen LogP contribution < -0.4 is 15.0 Å². The second kappa shape index (κ2) is 11.1. The summed E-state index contributed by atoms with van der Waals surface area (Å²) in [5.41, 5.74) is -0.576. The molecule has 1 saturated heterocycles. The Morgan fingerprint density at radius 3 is 2.61 bits per heavy atom. The molecule has 0 saturated carbocycles. The summed E-state index contributed by atoms with van der Waals surface area (Å²) >= 11 is 0.986. The number of nitrogens with zero attached hydrogens (tertiary/aromatic N) is 2. The molecule has 0 unspecified atom stereocenters. The lowest BCUT2D eigenvalue weighted by atomic mass is 9.83. The summed E-state index contributed by atoms with van der Waals surface area (Å²) in [7, 11) is 1.23.